The number of aryl methyl sites for hydroxylation is 2. The van der Waals surface area contributed by atoms with Gasteiger partial charge in [-0.2, -0.15) is 0 Å². The number of likely N-dealkylation sites (N-methyl/N-ethyl adjacent to an activating group) is 1. The van der Waals surface area contributed by atoms with Gasteiger partial charge >= 0.3 is 17.6 Å². The SMILES string of the molecule is CC(=O)Oc1ccccc1C(=O)O.CC(CN1c2ccccc2Sc2ccccc21)N(C)C.CCOc1ccc(NC(C)=O)cc1.Cl.Cn1c(=O)c2c(ncn2C)n(C)c1=O. The molecule has 0 radical (unpaired) electrons. The van der Waals surface area contributed by atoms with Gasteiger partial charge < -0.3 is 34.3 Å². The highest BCUT2D eigenvalue weighted by Crippen LogP contribution is 2.47. The van der Waals surface area contributed by atoms with Crippen LogP contribution >= 0.6 is 24.2 Å². The lowest BCUT2D eigenvalue weighted by Gasteiger charge is -2.36. The number of benzene rings is 4. The van der Waals surface area contributed by atoms with Crippen LogP contribution in [0.1, 0.15) is 38.1 Å². The number of halogens is 1. The predicted molar refractivity (Wildman–Crippen MR) is 242 cm³/mol. The number of hydrogen-bond acceptors (Lipinski definition) is 11. The first kappa shape index (κ1) is 49.0. The molecule has 1 atom stereocenters. The van der Waals surface area contributed by atoms with E-state index in [1.165, 1.54) is 65.1 Å². The van der Waals surface area contributed by atoms with E-state index in [9.17, 15) is 24.0 Å². The molecule has 0 saturated heterocycles. The van der Waals surface area contributed by atoms with Crippen molar-refractivity contribution in [3.8, 4) is 11.5 Å². The first-order valence-corrected chi connectivity index (χ1v) is 19.7. The van der Waals surface area contributed by atoms with Crippen molar-refractivity contribution in [1.29, 1.82) is 0 Å². The molecule has 6 aromatic rings. The Morgan fingerprint density at radius 2 is 1.39 bits per heavy atom. The molecule has 324 valence electrons. The monoisotopic (exact) mass is 873 g/mol. The first-order chi connectivity index (χ1) is 28.5. The number of carboxylic acids is 1. The van der Waals surface area contributed by atoms with E-state index >= 15 is 0 Å². The highest BCUT2D eigenvalue weighted by Gasteiger charge is 2.24. The van der Waals surface area contributed by atoms with Crippen LogP contribution in [0.3, 0.4) is 0 Å². The van der Waals surface area contributed by atoms with Gasteiger partial charge in [0.25, 0.3) is 5.56 Å². The Balaban J connectivity index is 0.000000220. The maximum atomic E-state index is 11.7. The molecule has 0 aliphatic carbocycles. The molecule has 7 rings (SSSR count). The second-order valence-corrected chi connectivity index (χ2v) is 14.8. The summed E-state index contributed by atoms with van der Waals surface area (Å²) in [6.07, 6.45) is 1.52. The lowest BCUT2D eigenvalue weighted by atomic mass is 10.2. The second kappa shape index (κ2) is 22.9. The van der Waals surface area contributed by atoms with E-state index < -0.39 is 11.9 Å². The van der Waals surface area contributed by atoms with Crippen LogP contribution in [0.15, 0.2) is 123 Å². The van der Waals surface area contributed by atoms with Crippen LogP contribution in [0.4, 0.5) is 17.1 Å². The van der Waals surface area contributed by atoms with Crippen LogP contribution in [0.5, 0.6) is 11.5 Å². The summed E-state index contributed by atoms with van der Waals surface area (Å²) in [5.41, 5.74) is 3.60. The van der Waals surface area contributed by atoms with E-state index in [-0.39, 0.29) is 40.9 Å². The molecule has 1 amide bonds. The average Bonchev–Trinajstić information content (AvgIpc) is 3.61. The Labute approximate surface area is 364 Å². The molecule has 1 aliphatic rings. The topological polar surface area (TPSA) is 170 Å². The number of carboxylic acid groups (broad SMARTS) is 1. The van der Waals surface area contributed by atoms with Crippen LogP contribution in [0.2, 0.25) is 0 Å². The van der Waals surface area contributed by atoms with Gasteiger partial charge in [0.2, 0.25) is 5.91 Å². The molecular formula is C44H52ClN7O8S. The van der Waals surface area contributed by atoms with Crippen LogP contribution in [-0.4, -0.2) is 79.8 Å². The van der Waals surface area contributed by atoms with E-state index in [0.29, 0.717) is 23.8 Å². The number of para-hydroxylation sites is 3. The zero-order valence-corrected chi connectivity index (χ0v) is 37.2. The van der Waals surface area contributed by atoms with Crippen molar-refractivity contribution in [1.82, 2.24) is 23.6 Å². The number of esters is 1. The number of ether oxygens (including phenoxy) is 2. The van der Waals surface area contributed by atoms with Gasteiger partial charge in [0, 0.05) is 63.1 Å². The molecule has 0 fully saturated rings. The minimum absolute atomic E-state index is 0. The van der Waals surface area contributed by atoms with Crippen LogP contribution in [0.25, 0.3) is 11.2 Å². The summed E-state index contributed by atoms with van der Waals surface area (Å²) in [5, 5.41) is 11.4. The Hall–Kier alpha value is -6.36. The third-order valence-electron chi connectivity index (χ3n) is 9.03. The molecule has 17 heteroatoms. The number of aromatic nitrogens is 4. The van der Waals surface area contributed by atoms with Crippen molar-refractivity contribution in [3.05, 3.63) is 130 Å². The maximum absolute atomic E-state index is 11.7. The number of nitrogens with zero attached hydrogens (tertiary/aromatic N) is 6. The molecule has 4 aromatic carbocycles. The highest BCUT2D eigenvalue weighted by molar-refractivity contribution is 7.99. The number of rotatable bonds is 8. The van der Waals surface area contributed by atoms with Gasteiger partial charge in [-0.25, -0.2) is 14.6 Å². The fourth-order valence-electron chi connectivity index (χ4n) is 5.77. The third kappa shape index (κ3) is 13.1. The van der Waals surface area contributed by atoms with Gasteiger partial charge in [0.05, 0.1) is 24.3 Å². The van der Waals surface area contributed by atoms with E-state index in [0.717, 1.165) is 22.5 Å². The number of aromatic carboxylic acids is 1. The fourth-order valence-corrected chi connectivity index (χ4v) is 6.86. The second-order valence-electron chi connectivity index (χ2n) is 13.7. The Kier molecular flexibility index (Phi) is 18.4. The molecule has 0 saturated carbocycles. The molecule has 0 spiro atoms. The maximum Gasteiger partial charge on any atom is 0.339 e. The zero-order valence-electron chi connectivity index (χ0n) is 35.6. The van der Waals surface area contributed by atoms with Crippen molar-refractivity contribution >= 4 is 70.2 Å². The zero-order chi connectivity index (χ0) is 44.1. The quantitative estimate of drug-likeness (QED) is 0.119. The minimum atomic E-state index is -1.11. The molecule has 3 heterocycles. The van der Waals surface area contributed by atoms with Gasteiger partial charge in [-0.3, -0.25) is 23.5 Å². The van der Waals surface area contributed by atoms with Crippen molar-refractivity contribution in [2.45, 2.75) is 43.5 Å². The fraction of sp³-hybridized carbons (Fsp3) is 0.273. The summed E-state index contributed by atoms with van der Waals surface area (Å²) in [6, 6.07) is 31.1. The number of amides is 1. The van der Waals surface area contributed by atoms with Gasteiger partial charge in [0.1, 0.15) is 17.1 Å². The smallest absolute Gasteiger partial charge is 0.339 e. The standard InChI is InChI=1S/C17H20N2S.C10H13NO2.C9H8O4.C8H10N4O2.ClH/c1-13(18(2)3)12-19-14-8-4-6-10-16(14)20-17-11-7-5-9-15(17)19;1-3-13-10-6-4-9(5-7-10)11-8(2)12;1-6(10)13-8-5-3-2-4-7(8)9(11)12;1-10-4-9-6-5(10)7(13)12(3)8(14)11(6)2;/h4-11,13H,12H2,1-3H3;4-7H,3H2,1-2H3,(H,11,12);2-5H,1H3,(H,11,12);4H,1-3H3;1H. The van der Waals surface area contributed by atoms with E-state index in [2.05, 4.69) is 94.4 Å². The van der Waals surface area contributed by atoms with Crippen LogP contribution in [0, 0.1) is 0 Å². The first-order valence-electron chi connectivity index (χ1n) is 18.9. The molecule has 0 bridgehead atoms. The molecular weight excluding hydrogens is 822 g/mol. The summed E-state index contributed by atoms with van der Waals surface area (Å²) in [7, 11) is 9.05. The number of carbonyl (C=O) groups excluding carboxylic acids is 2. The summed E-state index contributed by atoms with van der Waals surface area (Å²) >= 11 is 1.87. The number of nitrogens with one attached hydrogen (secondary N) is 1. The lowest BCUT2D eigenvalue weighted by Crippen LogP contribution is -2.37. The van der Waals surface area contributed by atoms with Crippen molar-refractivity contribution in [2.75, 3.05) is 37.5 Å². The predicted octanol–water partition coefficient (Wildman–Crippen LogP) is 6.99. The highest BCUT2D eigenvalue weighted by atomic mass is 35.5. The third-order valence-corrected chi connectivity index (χ3v) is 10.2. The number of carbonyl (C=O) groups is 3. The van der Waals surface area contributed by atoms with Crippen molar-refractivity contribution in [3.63, 3.8) is 0 Å². The van der Waals surface area contributed by atoms with Crippen molar-refractivity contribution < 1.29 is 29.0 Å². The van der Waals surface area contributed by atoms with Crippen LogP contribution in [-0.2, 0) is 30.7 Å². The molecule has 1 unspecified atom stereocenters. The largest absolute Gasteiger partial charge is 0.494 e. The summed E-state index contributed by atoms with van der Waals surface area (Å²) in [5.74, 6) is -0.825. The lowest BCUT2D eigenvalue weighted by molar-refractivity contribution is -0.131. The van der Waals surface area contributed by atoms with E-state index in [1.807, 2.05) is 43.0 Å². The van der Waals surface area contributed by atoms with Gasteiger partial charge in [-0.05, 0) is 88.6 Å². The normalized spacial score (nSPS) is 11.4. The number of hydrogen-bond donors (Lipinski definition) is 2. The summed E-state index contributed by atoms with van der Waals surface area (Å²) < 4.78 is 14.0. The van der Waals surface area contributed by atoms with Gasteiger partial charge in [0.15, 0.2) is 11.2 Å². The number of imidazole rings is 1. The Morgan fingerprint density at radius 1 is 0.836 bits per heavy atom. The average molecular weight is 874 g/mol. The molecule has 2 N–H and O–H groups in total. The molecule has 1 aliphatic heterocycles. The van der Waals surface area contributed by atoms with Crippen molar-refractivity contribution in [2.24, 2.45) is 21.1 Å². The summed E-state index contributed by atoms with van der Waals surface area (Å²) in [6.45, 7) is 8.56. The van der Waals surface area contributed by atoms with E-state index in [4.69, 9.17) is 9.84 Å². The summed E-state index contributed by atoms with van der Waals surface area (Å²) in [4.78, 5) is 66.4. The minimum Gasteiger partial charge on any atom is -0.494 e. The van der Waals surface area contributed by atoms with Gasteiger partial charge in [-0.15, -0.1) is 12.4 Å². The van der Waals surface area contributed by atoms with Crippen LogP contribution < -0.4 is 30.9 Å². The molecule has 2 aromatic heterocycles. The Bertz CT molecular complexity index is 2510. The van der Waals surface area contributed by atoms with Gasteiger partial charge in [-0.1, -0.05) is 48.2 Å². The molecule has 15 nitrogen and oxygen atoms in total. The molecule has 61 heavy (non-hydrogen) atoms. The Morgan fingerprint density at radius 3 is 1.92 bits per heavy atom. The van der Waals surface area contributed by atoms with E-state index in [1.54, 1.807) is 30.8 Å². The number of anilines is 3. The number of fused-ring (bicyclic) bond motifs is 3.